The zero-order chi connectivity index (χ0) is 20.8. The SMILES string of the molecule is Cc1cccc(C)c1-c1nc2c(C(=O)NC3CC4CCCC(C3)N4C)cccc2o1. The summed E-state index contributed by atoms with van der Waals surface area (Å²) in [5.74, 6) is 0.532. The summed E-state index contributed by atoms with van der Waals surface area (Å²) < 4.78 is 6.07. The molecule has 0 aliphatic carbocycles. The van der Waals surface area contributed by atoms with Crippen LogP contribution in [0.4, 0.5) is 0 Å². The molecule has 156 valence electrons. The van der Waals surface area contributed by atoms with Crippen LogP contribution < -0.4 is 5.32 Å². The highest BCUT2D eigenvalue weighted by Gasteiger charge is 2.36. The van der Waals surface area contributed by atoms with Crippen molar-refractivity contribution in [2.45, 2.75) is 64.1 Å². The molecule has 2 bridgehead atoms. The number of amides is 1. The normalized spacial score (nSPS) is 24.2. The molecule has 1 amide bonds. The second kappa shape index (κ2) is 7.55. The Kier molecular flexibility index (Phi) is 4.86. The van der Waals surface area contributed by atoms with Gasteiger partial charge in [-0.1, -0.05) is 30.7 Å². The Morgan fingerprint density at radius 1 is 1.07 bits per heavy atom. The van der Waals surface area contributed by atoms with Gasteiger partial charge in [0.25, 0.3) is 5.91 Å². The van der Waals surface area contributed by atoms with Crippen molar-refractivity contribution in [3.8, 4) is 11.5 Å². The molecule has 0 radical (unpaired) electrons. The van der Waals surface area contributed by atoms with Gasteiger partial charge in [-0.3, -0.25) is 4.79 Å². The highest BCUT2D eigenvalue weighted by Crippen LogP contribution is 2.34. The number of benzene rings is 2. The number of fused-ring (bicyclic) bond motifs is 3. The summed E-state index contributed by atoms with van der Waals surface area (Å²) in [6.07, 6.45) is 5.83. The van der Waals surface area contributed by atoms with Gasteiger partial charge in [0.2, 0.25) is 5.89 Å². The Balaban J connectivity index is 1.43. The zero-order valence-corrected chi connectivity index (χ0v) is 17.9. The van der Waals surface area contributed by atoms with Crippen LogP contribution in [0.3, 0.4) is 0 Å². The van der Waals surface area contributed by atoms with E-state index in [-0.39, 0.29) is 11.9 Å². The van der Waals surface area contributed by atoms with Crippen LogP contribution in [0, 0.1) is 13.8 Å². The maximum atomic E-state index is 13.2. The van der Waals surface area contributed by atoms with Gasteiger partial charge < -0.3 is 14.6 Å². The molecule has 2 unspecified atom stereocenters. The molecule has 5 nitrogen and oxygen atoms in total. The van der Waals surface area contributed by atoms with Gasteiger partial charge in [0.15, 0.2) is 5.58 Å². The number of rotatable bonds is 3. The third-order valence-corrected chi connectivity index (χ3v) is 7.03. The molecule has 0 saturated carbocycles. The Morgan fingerprint density at radius 2 is 1.73 bits per heavy atom. The highest BCUT2D eigenvalue weighted by molar-refractivity contribution is 6.05. The fourth-order valence-electron chi connectivity index (χ4n) is 5.39. The van der Waals surface area contributed by atoms with E-state index in [0.29, 0.717) is 34.6 Å². The van der Waals surface area contributed by atoms with Crippen molar-refractivity contribution >= 4 is 17.0 Å². The third kappa shape index (κ3) is 3.31. The first kappa shape index (κ1) is 19.3. The van der Waals surface area contributed by atoms with Crippen LogP contribution in [0.5, 0.6) is 0 Å². The number of piperidine rings is 2. The van der Waals surface area contributed by atoms with Crippen molar-refractivity contribution in [2.24, 2.45) is 0 Å². The molecule has 5 heteroatoms. The van der Waals surface area contributed by atoms with Crippen LogP contribution in [0.25, 0.3) is 22.6 Å². The predicted octanol–water partition coefficient (Wildman–Crippen LogP) is 4.86. The largest absolute Gasteiger partial charge is 0.436 e. The van der Waals surface area contributed by atoms with E-state index in [9.17, 15) is 4.79 Å². The number of hydrogen-bond donors (Lipinski definition) is 1. The Bertz CT molecular complexity index is 1070. The topological polar surface area (TPSA) is 58.4 Å². The third-order valence-electron chi connectivity index (χ3n) is 7.03. The molecule has 3 aromatic rings. The fourth-order valence-corrected chi connectivity index (χ4v) is 5.39. The van der Waals surface area contributed by atoms with E-state index in [1.807, 2.05) is 24.3 Å². The molecular weight excluding hydrogens is 374 g/mol. The van der Waals surface area contributed by atoms with Crippen LogP contribution in [0.15, 0.2) is 40.8 Å². The first-order chi connectivity index (χ1) is 14.5. The molecular formula is C25H29N3O2. The summed E-state index contributed by atoms with van der Waals surface area (Å²) >= 11 is 0. The number of nitrogens with zero attached hydrogens (tertiary/aromatic N) is 2. The summed E-state index contributed by atoms with van der Waals surface area (Å²) in [6, 6.07) is 13.2. The first-order valence-corrected chi connectivity index (χ1v) is 11.0. The van der Waals surface area contributed by atoms with E-state index < -0.39 is 0 Å². The van der Waals surface area contributed by atoms with Crippen molar-refractivity contribution in [3.05, 3.63) is 53.1 Å². The van der Waals surface area contributed by atoms with Gasteiger partial charge in [-0.05, 0) is 69.8 Å². The minimum Gasteiger partial charge on any atom is -0.436 e. The van der Waals surface area contributed by atoms with E-state index in [1.54, 1.807) is 0 Å². The number of carbonyl (C=O) groups is 1. The lowest BCUT2D eigenvalue weighted by Gasteiger charge is -2.47. The first-order valence-electron chi connectivity index (χ1n) is 11.0. The molecule has 2 aromatic carbocycles. The van der Waals surface area contributed by atoms with Crippen molar-refractivity contribution in [2.75, 3.05) is 7.05 Å². The molecule has 3 heterocycles. The average molecular weight is 404 g/mol. The standard InChI is InChI=1S/C25H29N3O2/c1-15-7-4-8-16(2)22(15)25-27-23-20(11-6-12-21(23)30-25)24(29)26-17-13-18-9-5-10-19(14-17)28(18)3/h4,6-8,11-12,17-19H,5,9-10,13-14H2,1-3H3,(H,26,29). The van der Waals surface area contributed by atoms with E-state index in [0.717, 1.165) is 29.5 Å². The molecule has 5 rings (SSSR count). The minimum atomic E-state index is -0.0467. The van der Waals surface area contributed by atoms with Gasteiger partial charge in [-0.2, -0.15) is 0 Å². The summed E-state index contributed by atoms with van der Waals surface area (Å²) in [5.41, 5.74) is 5.12. The number of hydrogen-bond acceptors (Lipinski definition) is 4. The Morgan fingerprint density at radius 3 is 2.43 bits per heavy atom. The van der Waals surface area contributed by atoms with E-state index in [1.165, 1.54) is 19.3 Å². The lowest BCUT2D eigenvalue weighted by atomic mass is 9.82. The van der Waals surface area contributed by atoms with Crippen molar-refractivity contribution < 1.29 is 9.21 Å². The molecule has 0 spiro atoms. The smallest absolute Gasteiger partial charge is 0.253 e. The molecule has 2 atom stereocenters. The van der Waals surface area contributed by atoms with Crippen LogP contribution in [-0.2, 0) is 0 Å². The van der Waals surface area contributed by atoms with Gasteiger partial charge in [0, 0.05) is 23.7 Å². The highest BCUT2D eigenvalue weighted by atomic mass is 16.3. The lowest BCUT2D eigenvalue weighted by molar-refractivity contribution is 0.0463. The zero-order valence-electron chi connectivity index (χ0n) is 17.9. The minimum absolute atomic E-state index is 0.0467. The average Bonchev–Trinajstić information content (AvgIpc) is 3.12. The van der Waals surface area contributed by atoms with E-state index >= 15 is 0 Å². The molecule has 30 heavy (non-hydrogen) atoms. The summed E-state index contributed by atoms with van der Waals surface area (Å²) in [7, 11) is 2.23. The van der Waals surface area contributed by atoms with E-state index in [2.05, 4.69) is 43.2 Å². The quantitative estimate of drug-likeness (QED) is 0.679. The lowest BCUT2D eigenvalue weighted by Crippen LogP contribution is -2.55. The van der Waals surface area contributed by atoms with Crippen LogP contribution >= 0.6 is 0 Å². The van der Waals surface area contributed by atoms with Crippen LogP contribution in [0.1, 0.15) is 53.6 Å². The van der Waals surface area contributed by atoms with Gasteiger partial charge in [0.1, 0.15) is 5.52 Å². The van der Waals surface area contributed by atoms with E-state index in [4.69, 9.17) is 9.40 Å². The maximum absolute atomic E-state index is 13.2. The predicted molar refractivity (Wildman–Crippen MR) is 119 cm³/mol. The summed E-state index contributed by atoms with van der Waals surface area (Å²) in [5, 5.41) is 3.30. The van der Waals surface area contributed by atoms with Crippen molar-refractivity contribution in [1.29, 1.82) is 0 Å². The monoisotopic (exact) mass is 403 g/mol. The van der Waals surface area contributed by atoms with Gasteiger partial charge in [0.05, 0.1) is 5.56 Å². The number of aryl methyl sites for hydroxylation is 2. The number of oxazole rings is 1. The molecule has 1 aromatic heterocycles. The Labute approximate surface area is 177 Å². The maximum Gasteiger partial charge on any atom is 0.253 e. The second-order valence-electron chi connectivity index (χ2n) is 8.98. The van der Waals surface area contributed by atoms with Gasteiger partial charge in [-0.25, -0.2) is 4.98 Å². The number of aromatic nitrogens is 1. The summed E-state index contributed by atoms with van der Waals surface area (Å²) in [6.45, 7) is 4.11. The number of para-hydroxylation sites is 1. The van der Waals surface area contributed by atoms with Gasteiger partial charge in [-0.15, -0.1) is 0 Å². The number of nitrogens with one attached hydrogen (secondary N) is 1. The van der Waals surface area contributed by atoms with Crippen molar-refractivity contribution in [3.63, 3.8) is 0 Å². The molecule has 2 fully saturated rings. The molecule has 1 N–H and O–H groups in total. The Hall–Kier alpha value is -2.66. The summed E-state index contributed by atoms with van der Waals surface area (Å²) in [4.78, 5) is 20.5. The van der Waals surface area contributed by atoms with Crippen LogP contribution in [-0.4, -0.2) is 41.0 Å². The molecule has 2 aliphatic heterocycles. The molecule has 2 aliphatic rings. The van der Waals surface area contributed by atoms with Crippen molar-refractivity contribution in [1.82, 2.24) is 15.2 Å². The van der Waals surface area contributed by atoms with Crippen LogP contribution in [0.2, 0.25) is 0 Å². The number of carbonyl (C=O) groups excluding carboxylic acids is 1. The second-order valence-corrected chi connectivity index (χ2v) is 8.98. The fraction of sp³-hybridized carbons (Fsp3) is 0.440. The molecule has 2 saturated heterocycles. The van der Waals surface area contributed by atoms with Gasteiger partial charge >= 0.3 is 0 Å².